The molecule has 0 saturated carbocycles. The van der Waals surface area contributed by atoms with Crippen molar-refractivity contribution in [2.24, 2.45) is 4.99 Å². The average Bonchev–Trinajstić information content (AvgIpc) is 2.64. The van der Waals surface area contributed by atoms with E-state index in [1.807, 2.05) is 0 Å². The molecule has 0 heterocycles. The molecular weight excluding hydrogens is 310 g/mol. The zero-order chi connectivity index (χ0) is 17.9. The summed E-state index contributed by atoms with van der Waals surface area (Å²) < 4.78 is 5.69. The Kier molecular flexibility index (Phi) is 7.99. The summed E-state index contributed by atoms with van der Waals surface area (Å²) in [5, 5.41) is 6.77. The number of aryl methyl sites for hydroxylation is 1. The van der Waals surface area contributed by atoms with Crippen LogP contribution in [0.3, 0.4) is 0 Å². The number of aliphatic imine (C=N–C) groups is 1. The van der Waals surface area contributed by atoms with Gasteiger partial charge < -0.3 is 15.4 Å². The minimum Gasteiger partial charge on any atom is -0.377 e. The maximum Gasteiger partial charge on any atom is 0.191 e. The Bertz CT molecular complexity index is 682. The van der Waals surface area contributed by atoms with Crippen molar-refractivity contribution in [3.8, 4) is 0 Å². The second-order valence-electron chi connectivity index (χ2n) is 6.03. The van der Waals surface area contributed by atoms with Gasteiger partial charge in [-0.25, -0.2) is 0 Å². The monoisotopic (exact) mass is 339 g/mol. The number of benzene rings is 2. The molecule has 2 aromatic rings. The van der Waals surface area contributed by atoms with E-state index in [0.717, 1.165) is 32.1 Å². The Balaban J connectivity index is 1.89. The predicted molar refractivity (Wildman–Crippen MR) is 105 cm³/mol. The highest BCUT2D eigenvalue weighted by atomic mass is 16.5. The number of rotatable bonds is 8. The molecule has 0 spiro atoms. The first-order chi connectivity index (χ1) is 12.2. The van der Waals surface area contributed by atoms with E-state index < -0.39 is 0 Å². The summed E-state index contributed by atoms with van der Waals surface area (Å²) in [6.45, 7) is 7.17. The van der Waals surface area contributed by atoms with Crippen molar-refractivity contribution in [3.05, 3.63) is 70.8 Å². The summed E-state index contributed by atoms with van der Waals surface area (Å²) in [5.74, 6) is 0.799. The maximum absolute atomic E-state index is 5.69. The Morgan fingerprint density at radius 3 is 2.16 bits per heavy atom. The van der Waals surface area contributed by atoms with Crippen molar-refractivity contribution < 1.29 is 4.74 Å². The summed E-state index contributed by atoms with van der Waals surface area (Å²) in [4.78, 5) is 4.32. The van der Waals surface area contributed by atoms with E-state index in [-0.39, 0.29) is 0 Å². The number of guanidine groups is 1. The zero-order valence-electron chi connectivity index (χ0n) is 15.5. The number of ether oxygens (including phenoxy) is 1. The highest BCUT2D eigenvalue weighted by molar-refractivity contribution is 5.79. The van der Waals surface area contributed by atoms with Gasteiger partial charge in [-0.2, -0.15) is 0 Å². The first kappa shape index (κ1) is 19.0. The van der Waals surface area contributed by atoms with E-state index in [2.05, 4.69) is 78.0 Å². The van der Waals surface area contributed by atoms with Crippen molar-refractivity contribution in [1.29, 1.82) is 0 Å². The molecular formula is C21H29N3O. The topological polar surface area (TPSA) is 45.6 Å². The van der Waals surface area contributed by atoms with Crippen LogP contribution in [0, 0.1) is 6.92 Å². The van der Waals surface area contributed by atoms with Gasteiger partial charge in [0.05, 0.1) is 6.61 Å². The normalized spacial score (nSPS) is 11.4. The van der Waals surface area contributed by atoms with Crippen LogP contribution in [0.1, 0.15) is 35.6 Å². The molecule has 0 unspecified atom stereocenters. The molecule has 134 valence electrons. The third-order valence-corrected chi connectivity index (χ3v) is 4.10. The molecule has 0 atom stereocenters. The third kappa shape index (κ3) is 6.24. The van der Waals surface area contributed by atoms with Crippen LogP contribution in [0.4, 0.5) is 0 Å². The number of nitrogens with zero attached hydrogens (tertiary/aromatic N) is 1. The summed E-state index contributed by atoms with van der Waals surface area (Å²) in [6, 6.07) is 16.7. The molecule has 0 fully saturated rings. The lowest BCUT2D eigenvalue weighted by atomic mass is 10.1. The van der Waals surface area contributed by atoms with E-state index in [1.165, 1.54) is 22.3 Å². The number of nitrogens with one attached hydrogen (secondary N) is 2. The zero-order valence-corrected chi connectivity index (χ0v) is 15.5. The lowest BCUT2D eigenvalue weighted by Crippen LogP contribution is -2.36. The van der Waals surface area contributed by atoms with Crippen molar-refractivity contribution >= 4 is 5.96 Å². The van der Waals surface area contributed by atoms with E-state index >= 15 is 0 Å². The summed E-state index contributed by atoms with van der Waals surface area (Å²) in [5.41, 5.74) is 5.01. The molecule has 2 aromatic carbocycles. The molecule has 0 amide bonds. The highest BCUT2D eigenvalue weighted by Gasteiger charge is 2.04. The lowest BCUT2D eigenvalue weighted by Gasteiger charge is -2.15. The molecule has 25 heavy (non-hydrogen) atoms. The fourth-order valence-corrected chi connectivity index (χ4v) is 2.58. The van der Waals surface area contributed by atoms with Gasteiger partial charge in [-0.15, -0.1) is 0 Å². The van der Waals surface area contributed by atoms with Crippen molar-refractivity contribution in [3.63, 3.8) is 0 Å². The number of hydrogen-bond acceptors (Lipinski definition) is 2. The van der Waals surface area contributed by atoms with Crippen LogP contribution in [0.25, 0.3) is 0 Å². The molecule has 2 N–H and O–H groups in total. The molecule has 0 aliphatic heterocycles. The summed E-state index contributed by atoms with van der Waals surface area (Å²) >= 11 is 0. The van der Waals surface area contributed by atoms with Crippen LogP contribution in [0.2, 0.25) is 0 Å². The molecule has 4 nitrogen and oxygen atoms in total. The molecule has 0 radical (unpaired) electrons. The van der Waals surface area contributed by atoms with Crippen LogP contribution in [0.15, 0.2) is 53.5 Å². The Morgan fingerprint density at radius 2 is 1.52 bits per heavy atom. The summed E-state index contributed by atoms with van der Waals surface area (Å²) in [6.07, 6.45) is 1.04. The quantitative estimate of drug-likeness (QED) is 0.437. The predicted octanol–water partition coefficient (Wildman–Crippen LogP) is 3.79. The van der Waals surface area contributed by atoms with Crippen LogP contribution < -0.4 is 10.6 Å². The van der Waals surface area contributed by atoms with Crippen molar-refractivity contribution in [2.75, 3.05) is 13.7 Å². The second-order valence-corrected chi connectivity index (χ2v) is 6.03. The summed E-state index contributed by atoms with van der Waals surface area (Å²) in [7, 11) is 1.80. The van der Waals surface area contributed by atoms with Gasteiger partial charge in [0.25, 0.3) is 0 Å². The maximum atomic E-state index is 5.69. The van der Waals surface area contributed by atoms with E-state index in [9.17, 15) is 0 Å². The number of hydrogen-bond donors (Lipinski definition) is 2. The van der Waals surface area contributed by atoms with E-state index in [0.29, 0.717) is 6.61 Å². The Hall–Kier alpha value is -2.33. The van der Waals surface area contributed by atoms with Crippen molar-refractivity contribution in [1.82, 2.24) is 10.6 Å². The van der Waals surface area contributed by atoms with Crippen LogP contribution in [0.5, 0.6) is 0 Å². The van der Waals surface area contributed by atoms with Gasteiger partial charge in [0.15, 0.2) is 5.96 Å². The molecule has 0 saturated heterocycles. The smallest absolute Gasteiger partial charge is 0.191 e. The van der Waals surface area contributed by atoms with Gasteiger partial charge >= 0.3 is 0 Å². The second kappa shape index (κ2) is 10.5. The van der Waals surface area contributed by atoms with Crippen LogP contribution >= 0.6 is 0 Å². The SMILES string of the molecule is CCCOCc1ccccc1CNC(=NC)NCc1ccccc1C. The fraction of sp³-hybridized carbons (Fsp3) is 0.381. The van der Waals surface area contributed by atoms with Gasteiger partial charge in [0.2, 0.25) is 0 Å². The van der Waals surface area contributed by atoms with Gasteiger partial charge in [-0.3, -0.25) is 4.99 Å². The van der Waals surface area contributed by atoms with Gasteiger partial charge in [0, 0.05) is 26.7 Å². The molecule has 0 aliphatic carbocycles. The fourth-order valence-electron chi connectivity index (χ4n) is 2.58. The Labute approximate surface area is 151 Å². The molecule has 0 bridgehead atoms. The van der Waals surface area contributed by atoms with Gasteiger partial charge in [-0.1, -0.05) is 55.5 Å². The van der Waals surface area contributed by atoms with E-state index in [4.69, 9.17) is 4.74 Å². The van der Waals surface area contributed by atoms with Gasteiger partial charge in [-0.05, 0) is 35.6 Å². The first-order valence-corrected chi connectivity index (χ1v) is 8.88. The van der Waals surface area contributed by atoms with Crippen LogP contribution in [-0.4, -0.2) is 19.6 Å². The van der Waals surface area contributed by atoms with Crippen LogP contribution in [-0.2, 0) is 24.4 Å². The van der Waals surface area contributed by atoms with E-state index in [1.54, 1.807) is 7.05 Å². The van der Waals surface area contributed by atoms with Gasteiger partial charge in [0.1, 0.15) is 0 Å². The highest BCUT2D eigenvalue weighted by Crippen LogP contribution is 2.10. The third-order valence-electron chi connectivity index (χ3n) is 4.10. The molecule has 4 heteroatoms. The average molecular weight is 339 g/mol. The van der Waals surface area contributed by atoms with Crippen molar-refractivity contribution in [2.45, 2.75) is 40.0 Å². The standard InChI is InChI=1S/C21H29N3O/c1-4-13-25-16-20-12-8-7-11-19(20)15-24-21(22-3)23-14-18-10-6-5-9-17(18)2/h5-12H,4,13-16H2,1-3H3,(H2,22,23,24). The molecule has 2 rings (SSSR count). The lowest BCUT2D eigenvalue weighted by molar-refractivity contribution is 0.121. The minimum atomic E-state index is 0.654. The first-order valence-electron chi connectivity index (χ1n) is 8.88. The molecule has 0 aliphatic rings. The molecule has 0 aromatic heterocycles. The largest absolute Gasteiger partial charge is 0.377 e. The minimum absolute atomic E-state index is 0.654. The Morgan fingerprint density at radius 1 is 0.920 bits per heavy atom.